The molecule has 3 rings (SSSR count). The summed E-state index contributed by atoms with van der Waals surface area (Å²) in [7, 11) is 0. The van der Waals surface area contributed by atoms with Gasteiger partial charge in [-0.2, -0.15) is 0 Å². The zero-order valence-corrected chi connectivity index (χ0v) is 12.9. The maximum Gasteiger partial charge on any atom is 0.0448 e. The summed E-state index contributed by atoms with van der Waals surface area (Å²) in [5, 5.41) is 0. The van der Waals surface area contributed by atoms with Gasteiger partial charge in [0.15, 0.2) is 0 Å². The fourth-order valence-electron chi connectivity index (χ4n) is 4.19. The highest BCUT2D eigenvalue weighted by atomic mass is 15.1. The van der Waals surface area contributed by atoms with Crippen molar-refractivity contribution in [2.75, 3.05) is 18.0 Å². The molecule has 0 radical (unpaired) electrons. The average molecular weight is 273 g/mol. The third-order valence-corrected chi connectivity index (χ3v) is 5.27. The van der Waals surface area contributed by atoms with E-state index in [2.05, 4.69) is 29.8 Å². The maximum absolute atomic E-state index is 5.97. The highest BCUT2D eigenvalue weighted by Crippen LogP contribution is 2.38. The molecule has 2 aliphatic rings. The van der Waals surface area contributed by atoms with Crippen LogP contribution >= 0.6 is 0 Å². The summed E-state index contributed by atoms with van der Waals surface area (Å²) in [5.41, 5.74) is 10.8. The molecule has 3 heteroatoms. The predicted molar refractivity (Wildman–Crippen MR) is 83.9 cm³/mol. The van der Waals surface area contributed by atoms with Crippen molar-refractivity contribution < 1.29 is 0 Å². The lowest BCUT2D eigenvalue weighted by Crippen LogP contribution is -2.42. The number of hydrogen-bond donors (Lipinski definition) is 1. The minimum atomic E-state index is 0.596. The van der Waals surface area contributed by atoms with E-state index in [4.69, 9.17) is 5.73 Å². The van der Waals surface area contributed by atoms with Crippen LogP contribution in [-0.2, 0) is 6.54 Å². The van der Waals surface area contributed by atoms with Crippen molar-refractivity contribution >= 4 is 5.69 Å². The van der Waals surface area contributed by atoms with E-state index in [1.54, 1.807) is 0 Å². The molecule has 3 nitrogen and oxygen atoms in total. The number of anilines is 1. The molecule has 2 unspecified atom stereocenters. The summed E-state index contributed by atoms with van der Waals surface area (Å²) >= 11 is 0. The summed E-state index contributed by atoms with van der Waals surface area (Å²) in [5.74, 6) is 1.88. The zero-order chi connectivity index (χ0) is 14.1. The van der Waals surface area contributed by atoms with Gasteiger partial charge in [-0.15, -0.1) is 0 Å². The molecular weight excluding hydrogens is 246 g/mol. The molecule has 1 aliphatic carbocycles. The van der Waals surface area contributed by atoms with E-state index in [0.717, 1.165) is 23.2 Å². The molecule has 0 aromatic carbocycles. The van der Waals surface area contributed by atoms with Gasteiger partial charge < -0.3 is 10.6 Å². The Morgan fingerprint density at radius 3 is 2.70 bits per heavy atom. The normalized spacial score (nSPS) is 26.4. The van der Waals surface area contributed by atoms with Crippen LogP contribution in [0, 0.1) is 25.7 Å². The van der Waals surface area contributed by atoms with E-state index < -0.39 is 0 Å². The highest BCUT2D eigenvalue weighted by Gasteiger charge is 2.31. The molecule has 1 aromatic rings. The Labute approximate surface area is 122 Å². The van der Waals surface area contributed by atoms with Crippen molar-refractivity contribution in [1.29, 1.82) is 0 Å². The van der Waals surface area contributed by atoms with Crippen LogP contribution in [0.4, 0.5) is 5.69 Å². The van der Waals surface area contributed by atoms with Gasteiger partial charge in [-0.25, -0.2) is 0 Å². The molecular formula is C17H27N3. The fourth-order valence-corrected chi connectivity index (χ4v) is 4.19. The van der Waals surface area contributed by atoms with Crippen molar-refractivity contribution in [3.8, 4) is 0 Å². The summed E-state index contributed by atoms with van der Waals surface area (Å²) < 4.78 is 0. The second-order valence-corrected chi connectivity index (χ2v) is 6.59. The SMILES string of the molecule is Cc1cc(N2CCC3CCCCC3C2)c(CN)c(C)n1. The van der Waals surface area contributed by atoms with Gasteiger partial charge in [0.05, 0.1) is 0 Å². The van der Waals surface area contributed by atoms with E-state index in [1.807, 2.05) is 0 Å². The molecule has 2 heterocycles. The van der Waals surface area contributed by atoms with E-state index >= 15 is 0 Å². The number of nitrogens with zero attached hydrogens (tertiary/aromatic N) is 2. The second-order valence-electron chi connectivity index (χ2n) is 6.59. The number of piperidine rings is 1. The number of aryl methyl sites for hydroxylation is 2. The first-order chi connectivity index (χ1) is 9.69. The van der Waals surface area contributed by atoms with Gasteiger partial charge in [-0.1, -0.05) is 19.3 Å². The summed E-state index contributed by atoms with van der Waals surface area (Å²) in [6.07, 6.45) is 7.10. The topological polar surface area (TPSA) is 42.1 Å². The first kappa shape index (κ1) is 13.9. The third-order valence-electron chi connectivity index (χ3n) is 5.27. The second kappa shape index (κ2) is 5.72. The molecule has 0 amide bonds. The van der Waals surface area contributed by atoms with Crippen LogP contribution in [-0.4, -0.2) is 18.1 Å². The molecule has 1 aromatic heterocycles. The van der Waals surface area contributed by atoms with Crippen LogP contribution < -0.4 is 10.6 Å². The van der Waals surface area contributed by atoms with E-state index in [0.29, 0.717) is 6.54 Å². The molecule has 20 heavy (non-hydrogen) atoms. The van der Waals surface area contributed by atoms with Crippen molar-refractivity contribution in [3.63, 3.8) is 0 Å². The number of nitrogens with two attached hydrogens (primary N) is 1. The number of aromatic nitrogens is 1. The van der Waals surface area contributed by atoms with E-state index in [1.165, 1.54) is 56.4 Å². The van der Waals surface area contributed by atoms with Crippen LogP contribution in [0.1, 0.15) is 49.1 Å². The van der Waals surface area contributed by atoms with E-state index in [9.17, 15) is 0 Å². The Morgan fingerprint density at radius 1 is 1.20 bits per heavy atom. The number of pyridine rings is 1. The lowest BCUT2D eigenvalue weighted by atomic mass is 9.75. The summed E-state index contributed by atoms with van der Waals surface area (Å²) in [4.78, 5) is 7.15. The monoisotopic (exact) mass is 273 g/mol. The maximum atomic E-state index is 5.97. The van der Waals surface area contributed by atoms with E-state index in [-0.39, 0.29) is 0 Å². The van der Waals surface area contributed by atoms with Gasteiger partial charge in [-0.05, 0) is 44.6 Å². The highest BCUT2D eigenvalue weighted by molar-refractivity contribution is 5.56. The third kappa shape index (κ3) is 2.56. The molecule has 1 aliphatic heterocycles. The van der Waals surface area contributed by atoms with Crippen LogP contribution in [0.25, 0.3) is 0 Å². The fraction of sp³-hybridized carbons (Fsp3) is 0.706. The Hall–Kier alpha value is -1.09. The lowest BCUT2D eigenvalue weighted by molar-refractivity contribution is 0.202. The smallest absolute Gasteiger partial charge is 0.0448 e. The molecule has 1 saturated heterocycles. The van der Waals surface area contributed by atoms with Crippen LogP contribution in [0.5, 0.6) is 0 Å². The van der Waals surface area contributed by atoms with Crippen LogP contribution in [0.3, 0.4) is 0 Å². The number of hydrogen-bond acceptors (Lipinski definition) is 3. The lowest BCUT2D eigenvalue weighted by Gasteiger charge is -2.43. The molecule has 2 atom stereocenters. The minimum absolute atomic E-state index is 0.596. The molecule has 110 valence electrons. The van der Waals surface area contributed by atoms with Crippen molar-refractivity contribution in [2.45, 2.75) is 52.5 Å². The van der Waals surface area contributed by atoms with Gasteiger partial charge in [0.25, 0.3) is 0 Å². The average Bonchev–Trinajstić information content (AvgIpc) is 2.46. The van der Waals surface area contributed by atoms with Gasteiger partial charge in [0, 0.05) is 42.3 Å². The molecule has 1 saturated carbocycles. The summed E-state index contributed by atoms with van der Waals surface area (Å²) in [6.45, 7) is 7.19. The quantitative estimate of drug-likeness (QED) is 0.900. The molecule has 0 bridgehead atoms. The Bertz CT molecular complexity index is 483. The van der Waals surface area contributed by atoms with Gasteiger partial charge in [0.2, 0.25) is 0 Å². The van der Waals surface area contributed by atoms with Gasteiger partial charge >= 0.3 is 0 Å². The number of rotatable bonds is 2. The minimum Gasteiger partial charge on any atom is -0.371 e. The van der Waals surface area contributed by atoms with Crippen LogP contribution in [0.2, 0.25) is 0 Å². The first-order valence-corrected chi connectivity index (χ1v) is 8.11. The predicted octanol–water partition coefficient (Wildman–Crippen LogP) is 3.17. The van der Waals surface area contributed by atoms with Crippen molar-refractivity contribution in [1.82, 2.24) is 4.98 Å². The number of fused-ring (bicyclic) bond motifs is 1. The first-order valence-electron chi connectivity index (χ1n) is 8.11. The Kier molecular flexibility index (Phi) is 3.97. The van der Waals surface area contributed by atoms with Gasteiger partial charge in [-0.3, -0.25) is 4.98 Å². The Balaban J connectivity index is 1.86. The zero-order valence-electron chi connectivity index (χ0n) is 12.9. The summed E-state index contributed by atoms with van der Waals surface area (Å²) in [6, 6.07) is 2.23. The van der Waals surface area contributed by atoms with Gasteiger partial charge in [0.1, 0.15) is 0 Å². The molecule has 2 N–H and O–H groups in total. The van der Waals surface area contributed by atoms with Crippen molar-refractivity contribution in [3.05, 3.63) is 23.0 Å². The standard InChI is InChI=1S/C17H27N3/c1-12-9-17(16(10-18)13(2)19-12)20-8-7-14-5-3-4-6-15(14)11-20/h9,14-15H,3-8,10-11,18H2,1-2H3. The largest absolute Gasteiger partial charge is 0.371 e. The Morgan fingerprint density at radius 2 is 1.95 bits per heavy atom. The van der Waals surface area contributed by atoms with Crippen LogP contribution in [0.15, 0.2) is 6.07 Å². The van der Waals surface area contributed by atoms with Crippen molar-refractivity contribution in [2.24, 2.45) is 17.6 Å². The molecule has 0 spiro atoms. The molecule has 2 fully saturated rings.